The van der Waals surface area contributed by atoms with Crippen LogP contribution in [0.15, 0.2) is 46.9 Å². The van der Waals surface area contributed by atoms with Crippen LogP contribution in [0.25, 0.3) is 0 Å². The molecule has 0 saturated carbocycles. The molecule has 104 valence electrons. The van der Waals surface area contributed by atoms with Gasteiger partial charge in [0, 0.05) is 18.5 Å². The molecule has 0 aliphatic carbocycles. The van der Waals surface area contributed by atoms with Crippen molar-refractivity contribution in [1.29, 1.82) is 0 Å². The van der Waals surface area contributed by atoms with Gasteiger partial charge in [-0.05, 0) is 33.6 Å². The summed E-state index contributed by atoms with van der Waals surface area (Å²) >= 11 is 3.50. The van der Waals surface area contributed by atoms with Crippen LogP contribution in [0.4, 0.5) is 0 Å². The fourth-order valence-electron chi connectivity index (χ4n) is 2.40. The molecule has 1 unspecified atom stereocenters. The minimum absolute atomic E-state index is 0.0603. The SMILES string of the molecule is NCc1cccc(Br)c1OCC1Cc2ccccc2O1. The Morgan fingerprint density at radius 2 is 2.05 bits per heavy atom. The fourth-order valence-corrected chi connectivity index (χ4v) is 2.92. The second kappa shape index (κ2) is 5.85. The van der Waals surface area contributed by atoms with Gasteiger partial charge in [-0.3, -0.25) is 0 Å². The number of para-hydroxylation sites is 2. The molecule has 0 fully saturated rings. The van der Waals surface area contributed by atoms with E-state index in [9.17, 15) is 0 Å². The number of hydrogen-bond donors (Lipinski definition) is 1. The predicted molar refractivity (Wildman–Crippen MR) is 82.1 cm³/mol. The van der Waals surface area contributed by atoms with Crippen molar-refractivity contribution in [2.24, 2.45) is 5.73 Å². The average Bonchev–Trinajstić information content (AvgIpc) is 2.88. The summed E-state index contributed by atoms with van der Waals surface area (Å²) in [6.07, 6.45) is 0.948. The quantitative estimate of drug-likeness (QED) is 0.933. The van der Waals surface area contributed by atoms with Crippen LogP contribution < -0.4 is 15.2 Å². The summed E-state index contributed by atoms with van der Waals surface area (Å²) < 4.78 is 12.7. The maximum atomic E-state index is 5.92. The Morgan fingerprint density at radius 1 is 1.20 bits per heavy atom. The number of hydrogen-bond acceptors (Lipinski definition) is 3. The van der Waals surface area contributed by atoms with E-state index in [0.29, 0.717) is 13.2 Å². The van der Waals surface area contributed by atoms with Crippen LogP contribution in [0.1, 0.15) is 11.1 Å². The van der Waals surface area contributed by atoms with Crippen molar-refractivity contribution in [1.82, 2.24) is 0 Å². The highest BCUT2D eigenvalue weighted by atomic mass is 79.9. The second-order valence-corrected chi connectivity index (χ2v) is 5.65. The second-order valence-electron chi connectivity index (χ2n) is 4.79. The van der Waals surface area contributed by atoms with Gasteiger partial charge in [-0.1, -0.05) is 30.3 Å². The van der Waals surface area contributed by atoms with Crippen molar-refractivity contribution < 1.29 is 9.47 Å². The molecule has 0 spiro atoms. The van der Waals surface area contributed by atoms with Gasteiger partial charge >= 0.3 is 0 Å². The Kier molecular flexibility index (Phi) is 3.94. The molecule has 4 heteroatoms. The molecule has 0 aromatic heterocycles. The van der Waals surface area contributed by atoms with Crippen molar-refractivity contribution in [2.45, 2.75) is 19.1 Å². The third kappa shape index (κ3) is 2.67. The zero-order chi connectivity index (χ0) is 13.9. The minimum atomic E-state index is 0.0603. The molecule has 2 aromatic carbocycles. The smallest absolute Gasteiger partial charge is 0.138 e. The van der Waals surface area contributed by atoms with Crippen molar-refractivity contribution in [2.75, 3.05) is 6.61 Å². The number of benzene rings is 2. The summed E-state index contributed by atoms with van der Waals surface area (Å²) in [6, 6.07) is 14.0. The van der Waals surface area contributed by atoms with Gasteiger partial charge in [0.15, 0.2) is 0 Å². The zero-order valence-electron chi connectivity index (χ0n) is 11.0. The van der Waals surface area contributed by atoms with Gasteiger partial charge in [-0.25, -0.2) is 0 Å². The molecule has 3 rings (SSSR count). The molecule has 1 atom stereocenters. The Balaban J connectivity index is 1.67. The van der Waals surface area contributed by atoms with Gasteiger partial charge in [0.25, 0.3) is 0 Å². The summed E-state index contributed by atoms with van der Waals surface area (Å²) in [7, 11) is 0. The molecule has 1 aliphatic rings. The Hall–Kier alpha value is -1.52. The van der Waals surface area contributed by atoms with Crippen LogP contribution in [-0.4, -0.2) is 12.7 Å². The van der Waals surface area contributed by atoms with Crippen molar-refractivity contribution in [3.63, 3.8) is 0 Å². The molecule has 2 aromatic rings. The van der Waals surface area contributed by atoms with Gasteiger partial charge < -0.3 is 15.2 Å². The summed E-state index contributed by atoms with van der Waals surface area (Å²) in [5.74, 6) is 1.78. The van der Waals surface area contributed by atoms with Crippen molar-refractivity contribution in [3.05, 3.63) is 58.1 Å². The van der Waals surface area contributed by atoms with Gasteiger partial charge in [-0.2, -0.15) is 0 Å². The number of halogens is 1. The van der Waals surface area contributed by atoms with Gasteiger partial charge in [0.05, 0.1) is 4.47 Å². The minimum Gasteiger partial charge on any atom is -0.488 e. The molecule has 20 heavy (non-hydrogen) atoms. The van der Waals surface area contributed by atoms with E-state index in [1.807, 2.05) is 36.4 Å². The number of fused-ring (bicyclic) bond motifs is 1. The summed E-state index contributed by atoms with van der Waals surface area (Å²) in [5.41, 5.74) is 7.98. The van der Waals surface area contributed by atoms with E-state index in [4.69, 9.17) is 15.2 Å². The number of nitrogens with two attached hydrogens (primary N) is 1. The lowest BCUT2D eigenvalue weighted by atomic mass is 10.1. The summed E-state index contributed by atoms with van der Waals surface area (Å²) in [4.78, 5) is 0. The lowest BCUT2D eigenvalue weighted by Gasteiger charge is -2.15. The Morgan fingerprint density at radius 3 is 2.85 bits per heavy atom. The summed E-state index contributed by atoms with van der Waals surface area (Å²) in [6.45, 7) is 0.977. The molecular formula is C16H16BrNO2. The largest absolute Gasteiger partial charge is 0.488 e. The first-order chi connectivity index (χ1) is 9.78. The molecule has 0 radical (unpaired) electrons. The number of rotatable bonds is 4. The molecule has 2 N–H and O–H groups in total. The molecule has 0 amide bonds. The molecule has 0 saturated heterocycles. The topological polar surface area (TPSA) is 44.5 Å². The first-order valence-corrected chi connectivity index (χ1v) is 7.42. The van der Waals surface area contributed by atoms with Crippen LogP contribution in [0, 0.1) is 0 Å². The highest BCUT2D eigenvalue weighted by molar-refractivity contribution is 9.10. The van der Waals surface area contributed by atoms with Crippen LogP contribution in [0.3, 0.4) is 0 Å². The maximum absolute atomic E-state index is 5.92. The van der Waals surface area contributed by atoms with E-state index >= 15 is 0 Å². The van der Waals surface area contributed by atoms with Gasteiger partial charge in [0.2, 0.25) is 0 Å². The standard InChI is InChI=1S/C16H16BrNO2/c17-14-6-3-5-12(9-18)16(14)19-10-13-8-11-4-1-2-7-15(11)20-13/h1-7,13H,8-10,18H2. The van der Waals surface area contributed by atoms with Crippen molar-refractivity contribution in [3.8, 4) is 11.5 Å². The molecule has 0 bridgehead atoms. The maximum Gasteiger partial charge on any atom is 0.138 e. The van der Waals surface area contributed by atoms with E-state index in [1.165, 1.54) is 5.56 Å². The van der Waals surface area contributed by atoms with E-state index in [1.54, 1.807) is 0 Å². The van der Waals surface area contributed by atoms with E-state index in [2.05, 4.69) is 22.0 Å². The van der Waals surface area contributed by atoms with Crippen LogP contribution >= 0.6 is 15.9 Å². The van der Waals surface area contributed by atoms with E-state index in [0.717, 1.165) is 28.0 Å². The molecular weight excluding hydrogens is 318 g/mol. The highest BCUT2D eigenvalue weighted by Crippen LogP contribution is 2.31. The van der Waals surface area contributed by atoms with E-state index in [-0.39, 0.29) is 6.10 Å². The fraction of sp³-hybridized carbons (Fsp3) is 0.250. The lowest BCUT2D eigenvalue weighted by Crippen LogP contribution is -2.23. The summed E-state index contributed by atoms with van der Waals surface area (Å²) in [5, 5.41) is 0. The molecule has 1 heterocycles. The lowest BCUT2D eigenvalue weighted by molar-refractivity contribution is 0.147. The molecule has 1 aliphatic heterocycles. The third-order valence-electron chi connectivity index (χ3n) is 3.40. The van der Waals surface area contributed by atoms with Crippen LogP contribution in [-0.2, 0) is 13.0 Å². The normalized spacial score (nSPS) is 16.6. The Labute approximate surface area is 126 Å². The van der Waals surface area contributed by atoms with Crippen molar-refractivity contribution >= 4 is 15.9 Å². The average molecular weight is 334 g/mol. The third-order valence-corrected chi connectivity index (χ3v) is 4.02. The van der Waals surface area contributed by atoms with Gasteiger partial charge in [0.1, 0.15) is 24.2 Å². The van der Waals surface area contributed by atoms with Crippen LogP contribution in [0.5, 0.6) is 11.5 Å². The van der Waals surface area contributed by atoms with Gasteiger partial charge in [-0.15, -0.1) is 0 Å². The van der Waals surface area contributed by atoms with E-state index < -0.39 is 0 Å². The first-order valence-electron chi connectivity index (χ1n) is 6.62. The highest BCUT2D eigenvalue weighted by Gasteiger charge is 2.23. The predicted octanol–water partition coefficient (Wildman–Crippen LogP) is 3.29. The first kappa shape index (κ1) is 13.5. The number of ether oxygens (including phenoxy) is 2. The molecule has 3 nitrogen and oxygen atoms in total. The van der Waals surface area contributed by atoms with Crippen LogP contribution in [0.2, 0.25) is 0 Å². The monoisotopic (exact) mass is 333 g/mol. The Bertz CT molecular complexity index is 590. The zero-order valence-corrected chi connectivity index (χ0v) is 12.6.